The topological polar surface area (TPSA) is 237 Å². The summed E-state index contributed by atoms with van der Waals surface area (Å²) in [5.74, 6) is 0.844. The van der Waals surface area contributed by atoms with E-state index in [2.05, 4.69) is 55.4 Å². The standard InChI is InChI=1S/C71H138O17P2/c1-9-64(8)50-42-34-29-30-36-44-52-69(74)82-58-67(88-71(76)54-46-38-27-21-17-19-24-32-40-48-62(4)5)60-86-90(79,80)84-56-65(72)55-83-89(77,78)85-59-66(57-81-68(73)51-43-35-28-22-25-33-41-49-63(6)7)87-70(75)53-45-37-26-20-16-14-12-10-11-13-15-18-23-31-39-47-61(2)3/h61-67,72H,9-60H2,1-8H3,(H,77,78)(H,79,80)/t64?,65?,66-,67-/m1/s1. The van der Waals surface area contributed by atoms with Gasteiger partial charge in [-0.05, 0) is 49.4 Å². The summed E-state index contributed by atoms with van der Waals surface area (Å²) < 4.78 is 68.3. The number of hydrogen-bond acceptors (Lipinski definition) is 15. The van der Waals surface area contributed by atoms with Crippen LogP contribution in [0.15, 0.2) is 0 Å². The lowest BCUT2D eigenvalue weighted by molar-refractivity contribution is -0.161. The molecule has 0 aliphatic rings. The number of carbonyl (C=O) groups is 4. The zero-order chi connectivity index (χ0) is 66.8. The van der Waals surface area contributed by atoms with Crippen molar-refractivity contribution in [2.75, 3.05) is 39.6 Å². The van der Waals surface area contributed by atoms with Gasteiger partial charge in [-0.2, -0.15) is 0 Å². The van der Waals surface area contributed by atoms with Gasteiger partial charge >= 0.3 is 39.5 Å². The number of esters is 4. The van der Waals surface area contributed by atoms with Gasteiger partial charge in [0.2, 0.25) is 0 Å². The van der Waals surface area contributed by atoms with E-state index in [0.717, 1.165) is 120 Å². The van der Waals surface area contributed by atoms with Crippen LogP contribution < -0.4 is 0 Å². The molecule has 0 heterocycles. The summed E-state index contributed by atoms with van der Waals surface area (Å²) in [6, 6.07) is 0. The van der Waals surface area contributed by atoms with E-state index < -0.39 is 97.5 Å². The number of phosphoric acid groups is 2. The van der Waals surface area contributed by atoms with Gasteiger partial charge in [-0.3, -0.25) is 37.3 Å². The Bertz CT molecular complexity index is 1780. The normalized spacial score (nSPS) is 14.6. The van der Waals surface area contributed by atoms with Crippen molar-refractivity contribution in [1.82, 2.24) is 0 Å². The van der Waals surface area contributed by atoms with Crippen LogP contribution in [0.1, 0.15) is 351 Å². The van der Waals surface area contributed by atoms with Crippen LogP contribution in [0.25, 0.3) is 0 Å². The minimum atomic E-state index is -4.95. The van der Waals surface area contributed by atoms with Crippen molar-refractivity contribution in [3.8, 4) is 0 Å². The molecule has 0 fully saturated rings. The highest BCUT2D eigenvalue weighted by Gasteiger charge is 2.30. The minimum absolute atomic E-state index is 0.104. The second-order valence-electron chi connectivity index (χ2n) is 27.3. The molecule has 3 N–H and O–H groups in total. The van der Waals surface area contributed by atoms with Crippen molar-refractivity contribution in [2.24, 2.45) is 23.7 Å². The van der Waals surface area contributed by atoms with Gasteiger partial charge in [0.1, 0.15) is 19.3 Å². The van der Waals surface area contributed by atoms with Crippen LogP contribution in [0.3, 0.4) is 0 Å². The van der Waals surface area contributed by atoms with Crippen LogP contribution in [0.5, 0.6) is 0 Å². The first-order valence-corrected chi connectivity index (χ1v) is 39.7. The quantitative estimate of drug-likeness (QED) is 0.0222. The van der Waals surface area contributed by atoms with Gasteiger partial charge in [-0.1, -0.05) is 299 Å². The predicted molar refractivity (Wildman–Crippen MR) is 363 cm³/mol. The number of hydrogen-bond donors (Lipinski definition) is 3. The highest BCUT2D eigenvalue weighted by molar-refractivity contribution is 7.47. The molecule has 0 saturated carbocycles. The SMILES string of the molecule is CCC(C)CCCCCCCCC(=O)OC[C@H](COP(=O)(O)OCC(O)COP(=O)(O)OC[C@@H](COC(=O)CCCCCCCCCC(C)C)OC(=O)CCCCCCCCCCCCCCCCCC(C)C)OC(=O)CCCCCCCCCCCC(C)C. The van der Waals surface area contributed by atoms with Crippen LogP contribution >= 0.6 is 15.6 Å². The van der Waals surface area contributed by atoms with E-state index in [9.17, 15) is 43.2 Å². The molecule has 0 rings (SSSR count). The largest absolute Gasteiger partial charge is 0.472 e. The van der Waals surface area contributed by atoms with Crippen LogP contribution in [0, 0.1) is 23.7 Å². The Kier molecular flexibility index (Phi) is 59.4. The average molecular weight is 1330 g/mol. The van der Waals surface area contributed by atoms with Gasteiger partial charge in [0.15, 0.2) is 12.2 Å². The zero-order valence-corrected chi connectivity index (χ0v) is 60.6. The van der Waals surface area contributed by atoms with Crippen molar-refractivity contribution >= 4 is 39.5 Å². The summed E-state index contributed by atoms with van der Waals surface area (Å²) in [5.41, 5.74) is 0. The molecule has 90 heavy (non-hydrogen) atoms. The molecule has 0 aliphatic carbocycles. The molecule has 6 atom stereocenters. The molecule has 0 aliphatic heterocycles. The smallest absolute Gasteiger partial charge is 0.462 e. The molecule has 0 saturated heterocycles. The lowest BCUT2D eigenvalue weighted by Gasteiger charge is -2.21. The highest BCUT2D eigenvalue weighted by atomic mass is 31.2. The Labute approximate surface area is 549 Å². The van der Waals surface area contributed by atoms with Gasteiger partial charge in [0.05, 0.1) is 26.4 Å². The van der Waals surface area contributed by atoms with Crippen LogP contribution in [0.4, 0.5) is 0 Å². The number of ether oxygens (including phenoxy) is 4. The van der Waals surface area contributed by atoms with Gasteiger partial charge in [0.25, 0.3) is 0 Å². The minimum Gasteiger partial charge on any atom is -0.462 e. The molecule has 0 aromatic heterocycles. The Hall–Kier alpha value is -1.94. The number of carbonyl (C=O) groups excluding carboxylic acids is 4. The van der Waals surface area contributed by atoms with E-state index in [-0.39, 0.29) is 25.7 Å². The zero-order valence-electron chi connectivity index (χ0n) is 58.8. The molecule has 0 radical (unpaired) electrons. The molecular weight excluding hydrogens is 1190 g/mol. The molecule has 19 heteroatoms. The molecule has 0 aromatic rings. The Morgan fingerprint density at radius 1 is 0.311 bits per heavy atom. The fraction of sp³-hybridized carbons (Fsp3) is 0.944. The van der Waals surface area contributed by atoms with Gasteiger partial charge in [-0.25, -0.2) is 9.13 Å². The fourth-order valence-electron chi connectivity index (χ4n) is 10.6. The fourth-order valence-corrected chi connectivity index (χ4v) is 12.2. The summed E-state index contributed by atoms with van der Waals surface area (Å²) >= 11 is 0. The molecular formula is C71H138O17P2. The molecule has 0 amide bonds. The maximum atomic E-state index is 13.0. The Morgan fingerprint density at radius 3 is 0.789 bits per heavy atom. The first-order chi connectivity index (χ1) is 43.1. The van der Waals surface area contributed by atoms with Gasteiger partial charge < -0.3 is 33.8 Å². The van der Waals surface area contributed by atoms with Crippen molar-refractivity contribution in [3.63, 3.8) is 0 Å². The third-order valence-corrected chi connectivity index (χ3v) is 18.6. The van der Waals surface area contributed by atoms with E-state index in [4.69, 9.17) is 37.0 Å². The number of aliphatic hydroxyl groups is 1. The number of rotatable bonds is 68. The van der Waals surface area contributed by atoms with Gasteiger partial charge in [-0.15, -0.1) is 0 Å². The van der Waals surface area contributed by atoms with E-state index in [0.29, 0.717) is 31.6 Å². The summed E-state index contributed by atoms with van der Waals surface area (Å²) in [7, 11) is -9.90. The maximum Gasteiger partial charge on any atom is 0.472 e. The van der Waals surface area contributed by atoms with E-state index in [1.54, 1.807) is 0 Å². The molecule has 534 valence electrons. The van der Waals surface area contributed by atoms with Crippen LogP contribution in [-0.4, -0.2) is 96.7 Å². The van der Waals surface area contributed by atoms with Crippen molar-refractivity contribution in [2.45, 2.75) is 369 Å². The first-order valence-electron chi connectivity index (χ1n) is 36.7. The number of phosphoric ester groups is 2. The van der Waals surface area contributed by atoms with Crippen LogP contribution in [-0.2, 0) is 65.4 Å². The third kappa shape index (κ3) is 63.5. The monoisotopic (exact) mass is 1320 g/mol. The second-order valence-corrected chi connectivity index (χ2v) is 30.2. The highest BCUT2D eigenvalue weighted by Crippen LogP contribution is 2.45. The summed E-state index contributed by atoms with van der Waals surface area (Å²) in [6.45, 7) is 14.1. The second kappa shape index (κ2) is 60.7. The Balaban J connectivity index is 5.22. The summed E-state index contributed by atoms with van der Waals surface area (Å²) in [4.78, 5) is 72.5. The summed E-state index contributed by atoms with van der Waals surface area (Å²) in [6.07, 6.45) is 43.2. The lowest BCUT2D eigenvalue weighted by atomic mass is 10.00. The average Bonchev–Trinajstić information content (AvgIpc) is 3.53. The van der Waals surface area contributed by atoms with Crippen molar-refractivity contribution < 1.29 is 80.2 Å². The molecule has 0 spiro atoms. The molecule has 17 nitrogen and oxygen atoms in total. The van der Waals surface area contributed by atoms with Gasteiger partial charge in [0, 0.05) is 25.7 Å². The molecule has 4 unspecified atom stereocenters. The van der Waals surface area contributed by atoms with E-state index in [1.807, 2.05) is 0 Å². The van der Waals surface area contributed by atoms with E-state index in [1.165, 1.54) is 141 Å². The third-order valence-electron chi connectivity index (χ3n) is 16.7. The van der Waals surface area contributed by atoms with Crippen molar-refractivity contribution in [3.05, 3.63) is 0 Å². The maximum absolute atomic E-state index is 13.0. The lowest BCUT2D eigenvalue weighted by Crippen LogP contribution is -2.30. The Morgan fingerprint density at radius 2 is 0.533 bits per heavy atom. The van der Waals surface area contributed by atoms with Crippen LogP contribution in [0.2, 0.25) is 0 Å². The van der Waals surface area contributed by atoms with Crippen molar-refractivity contribution in [1.29, 1.82) is 0 Å². The molecule has 0 aromatic carbocycles. The molecule has 0 bridgehead atoms. The van der Waals surface area contributed by atoms with E-state index >= 15 is 0 Å². The first kappa shape index (κ1) is 88.1. The summed E-state index contributed by atoms with van der Waals surface area (Å²) in [5, 5.41) is 10.6. The number of aliphatic hydroxyl groups excluding tert-OH is 1. The number of unbranched alkanes of at least 4 members (excludes halogenated alkanes) is 33. The predicted octanol–water partition coefficient (Wildman–Crippen LogP) is 20.1.